The van der Waals surface area contributed by atoms with Crippen molar-refractivity contribution in [2.45, 2.75) is 0 Å². The number of thioether (sulfide) groups is 4. The van der Waals surface area contributed by atoms with E-state index >= 15 is 0 Å². The average Bonchev–Trinajstić information content (AvgIpc) is 3.31. The number of aromatic nitrogens is 1. The number of pyridine rings is 1. The van der Waals surface area contributed by atoms with Crippen LogP contribution in [0, 0.1) is 0 Å². The van der Waals surface area contributed by atoms with Crippen LogP contribution in [0.25, 0.3) is 0 Å². The normalized spacial score (nSPS) is 19.0. The molecule has 2 saturated heterocycles. The van der Waals surface area contributed by atoms with Gasteiger partial charge >= 0.3 is 0 Å². The van der Waals surface area contributed by atoms with E-state index in [1.165, 1.54) is 0 Å². The lowest BCUT2D eigenvalue weighted by Crippen LogP contribution is -2.20. The molecule has 0 aliphatic carbocycles. The minimum atomic E-state index is 0.249. The fraction of sp³-hybridized carbons (Fsp3) is 0.308. The van der Waals surface area contributed by atoms with Gasteiger partial charge in [-0.2, -0.15) is 0 Å². The number of nitrogens with zero attached hydrogens (tertiary/aromatic N) is 5. The summed E-state index contributed by atoms with van der Waals surface area (Å²) in [7, 11) is 0. The molecule has 0 saturated carbocycles. The molecule has 0 atom stereocenters. The van der Waals surface area contributed by atoms with E-state index in [0.29, 0.717) is 11.4 Å². The van der Waals surface area contributed by atoms with Crippen LogP contribution in [0.15, 0.2) is 38.6 Å². The zero-order chi connectivity index (χ0) is 16.8. The number of nitrogens with two attached hydrogens (primary N) is 2. The van der Waals surface area contributed by atoms with Crippen molar-refractivity contribution in [3.8, 4) is 0 Å². The van der Waals surface area contributed by atoms with Crippen LogP contribution in [0.4, 0.5) is 0 Å². The van der Waals surface area contributed by atoms with Gasteiger partial charge in [0.2, 0.25) is 0 Å². The molecule has 3 heterocycles. The molecular formula is C13H15N7S4. The van der Waals surface area contributed by atoms with Gasteiger partial charge in [0, 0.05) is 23.0 Å². The van der Waals surface area contributed by atoms with E-state index in [2.05, 4.69) is 25.4 Å². The van der Waals surface area contributed by atoms with Gasteiger partial charge in [-0.05, 0) is 12.1 Å². The third kappa shape index (κ3) is 4.91. The van der Waals surface area contributed by atoms with Crippen LogP contribution >= 0.6 is 47.0 Å². The van der Waals surface area contributed by atoms with Gasteiger partial charge in [0.15, 0.2) is 20.4 Å². The van der Waals surface area contributed by atoms with E-state index in [4.69, 9.17) is 11.5 Å². The van der Waals surface area contributed by atoms with Crippen molar-refractivity contribution >= 4 is 67.5 Å². The molecule has 0 radical (unpaired) electrons. The summed E-state index contributed by atoms with van der Waals surface area (Å²) in [5.74, 6) is 4.71. The molecule has 0 aromatic carbocycles. The van der Waals surface area contributed by atoms with Crippen LogP contribution < -0.4 is 11.5 Å². The molecule has 2 fully saturated rings. The van der Waals surface area contributed by atoms with Gasteiger partial charge in [-0.25, -0.2) is 4.98 Å². The highest BCUT2D eigenvalue weighted by Gasteiger charge is 2.11. The maximum Gasteiger partial charge on any atom is 0.172 e. The van der Waals surface area contributed by atoms with Crippen molar-refractivity contribution in [3.63, 3.8) is 0 Å². The second-order valence-corrected chi connectivity index (χ2v) is 9.36. The molecule has 1 aromatic heterocycles. The summed E-state index contributed by atoms with van der Waals surface area (Å²) >= 11 is 6.71. The Hall–Kier alpha value is -1.17. The molecular weight excluding hydrogens is 382 g/mol. The Labute approximate surface area is 156 Å². The lowest BCUT2D eigenvalue weighted by atomic mass is 10.3. The van der Waals surface area contributed by atoms with Gasteiger partial charge in [-0.1, -0.05) is 53.1 Å². The molecule has 1 aromatic rings. The molecule has 0 spiro atoms. The monoisotopic (exact) mass is 397 g/mol. The third-order valence-corrected chi connectivity index (χ3v) is 7.70. The summed E-state index contributed by atoms with van der Waals surface area (Å²) in [6.07, 6.45) is 0. The molecule has 11 heteroatoms. The zero-order valence-electron chi connectivity index (χ0n) is 12.6. The van der Waals surface area contributed by atoms with Gasteiger partial charge in [-0.3, -0.25) is 0 Å². The molecule has 126 valence electrons. The van der Waals surface area contributed by atoms with Crippen LogP contribution in [0.5, 0.6) is 0 Å². The molecule has 4 N–H and O–H groups in total. The predicted octanol–water partition coefficient (Wildman–Crippen LogP) is 1.99. The topological polar surface area (TPSA) is 114 Å². The minimum Gasteiger partial charge on any atom is -0.380 e. The molecule has 24 heavy (non-hydrogen) atoms. The van der Waals surface area contributed by atoms with Crippen molar-refractivity contribution in [3.05, 3.63) is 29.6 Å². The predicted molar refractivity (Wildman–Crippen MR) is 110 cm³/mol. The summed E-state index contributed by atoms with van der Waals surface area (Å²) in [5, 5.41) is 16.4. The van der Waals surface area contributed by atoms with Crippen molar-refractivity contribution in [2.24, 2.45) is 31.9 Å². The van der Waals surface area contributed by atoms with Crippen LogP contribution in [-0.4, -0.2) is 48.4 Å². The first-order valence-corrected chi connectivity index (χ1v) is 11.0. The second-order valence-electron chi connectivity index (χ2n) is 4.50. The van der Waals surface area contributed by atoms with Crippen LogP contribution in [0.1, 0.15) is 11.4 Å². The Balaban J connectivity index is 1.75. The molecule has 0 amide bonds. The van der Waals surface area contributed by atoms with Crippen molar-refractivity contribution < 1.29 is 0 Å². The summed E-state index contributed by atoms with van der Waals surface area (Å²) in [6, 6.07) is 5.33. The van der Waals surface area contributed by atoms with Crippen molar-refractivity contribution in [1.82, 2.24) is 4.98 Å². The Morgan fingerprint density at radius 2 is 1.21 bits per heavy atom. The smallest absolute Gasteiger partial charge is 0.172 e. The second kappa shape index (κ2) is 8.79. The summed E-state index contributed by atoms with van der Waals surface area (Å²) in [6.45, 7) is 0. The highest BCUT2D eigenvalue weighted by molar-refractivity contribution is 8.41. The van der Waals surface area contributed by atoms with E-state index < -0.39 is 0 Å². The highest BCUT2D eigenvalue weighted by atomic mass is 32.2. The number of amidine groups is 2. The van der Waals surface area contributed by atoms with Crippen LogP contribution in [0.2, 0.25) is 0 Å². The standard InChI is InChI=1S/C13H15N7S4/c14-10(17-19-12-21-4-5-22-12)8-2-1-3-9(16-8)11(15)18-20-13-23-6-7-24-13/h1-3H,4-7H2,(H2,14,17)(H2,15,18). The van der Waals surface area contributed by atoms with E-state index in [-0.39, 0.29) is 11.7 Å². The van der Waals surface area contributed by atoms with Crippen molar-refractivity contribution in [2.75, 3.05) is 23.0 Å². The summed E-state index contributed by atoms with van der Waals surface area (Å²) < 4.78 is 1.86. The maximum atomic E-state index is 5.96. The molecule has 2 aliphatic rings. The lowest BCUT2D eigenvalue weighted by molar-refractivity contribution is 1.17. The Kier molecular flexibility index (Phi) is 6.46. The molecule has 2 aliphatic heterocycles. The first-order chi connectivity index (χ1) is 11.7. The Bertz CT molecular complexity index is 656. The van der Waals surface area contributed by atoms with E-state index in [1.807, 2.05) is 0 Å². The quantitative estimate of drug-likeness (QED) is 0.453. The highest BCUT2D eigenvalue weighted by Crippen LogP contribution is 2.26. The van der Waals surface area contributed by atoms with Gasteiger partial charge in [0.1, 0.15) is 11.4 Å². The average molecular weight is 398 g/mol. The lowest BCUT2D eigenvalue weighted by Gasteiger charge is -2.02. The van der Waals surface area contributed by atoms with Crippen LogP contribution in [0.3, 0.4) is 0 Å². The maximum absolute atomic E-state index is 5.96. The SMILES string of the molecule is N/C(=N\N=C1SCCS1)c1cccc(/C(N)=N/N=C2SCCS2)n1. The third-order valence-electron chi connectivity index (χ3n) is 2.82. The number of hydrogen-bond acceptors (Lipinski definition) is 9. The zero-order valence-corrected chi connectivity index (χ0v) is 15.9. The Morgan fingerprint density at radius 3 is 1.62 bits per heavy atom. The fourth-order valence-corrected chi connectivity index (χ4v) is 5.82. The van der Waals surface area contributed by atoms with Gasteiger partial charge < -0.3 is 11.5 Å². The summed E-state index contributed by atoms with van der Waals surface area (Å²) in [4.78, 5) is 4.39. The minimum absolute atomic E-state index is 0.249. The first kappa shape index (κ1) is 17.6. The summed E-state index contributed by atoms with van der Waals surface area (Å²) in [5.41, 5.74) is 13.0. The van der Waals surface area contributed by atoms with Crippen LogP contribution in [-0.2, 0) is 0 Å². The fourth-order valence-electron chi connectivity index (χ4n) is 1.73. The number of hydrogen-bond donors (Lipinski definition) is 2. The van der Waals surface area contributed by atoms with Gasteiger partial charge in [0.25, 0.3) is 0 Å². The van der Waals surface area contributed by atoms with E-state index in [1.54, 1.807) is 65.2 Å². The van der Waals surface area contributed by atoms with E-state index in [9.17, 15) is 0 Å². The molecule has 0 bridgehead atoms. The first-order valence-electron chi connectivity index (χ1n) is 7.03. The molecule has 7 nitrogen and oxygen atoms in total. The Morgan fingerprint density at radius 1 is 0.792 bits per heavy atom. The van der Waals surface area contributed by atoms with Crippen molar-refractivity contribution in [1.29, 1.82) is 0 Å². The van der Waals surface area contributed by atoms with E-state index in [0.717, 1.165) is 31.8 Å². The van der Waals surface area contributed by atoms with Gasteiger partial charge in [0.05, 0.1) is 0 Å². The molecule has 0 unspecified atom stereocenters. The molecule has 3 rings (SSSR count). The number of rotatable bonds is 4. The largest absolute Gasteiger partial charge is 0.380 e. The van der Waals surface area contributed by atoms with Gasteiger partial charge in [-0.15, -0.1) is 20.4 Å².